The zero-order valence-electron chi connectivity index (χ0n) is 6.18. The van der Waals surface area contributed by atoms with Gasteiger partial charge in [-0.3, -0.25) is 0 Å². The van der Waals surface area contributed by atoms with Gasteiger partial charge in [0.05, 0.1) is 5.70 Å². The van der Waals surface area contributed by atoms with Gasteiger partial charge in [-0.2, -0.15) is 0 Å². The van der Waals surface area contributed by atoms with E-state index < -0.39 is 0 Å². The molecule has 10 heavy (non-hydrogen) atoms. The average molecular weight is 159 g/mol. The van der Waals surface area contributed by atoms with Crippen molar-refractivity contribution in [1.82, 2.24) is 0 Å². The highest BCUT2D eigenvalue weighted by Gasteiger charge is 1.99. The Kier molecular flexibility index (Phi) is 3.15. The number of nitrogens with two attached hydrogens (primary N) is 3. The molecule has 0 atom stereocenters. The highest BCUT2D eigenvalue weighted by Crippen LogP contribution is 2.12. The van der Waals surface area contributed by atoms with Crippen LogP contribution in [0.15, 0.2) is 22.0 Å². The quantitative estimate of drug-likeness (QED) is 0.327. The van der Waals surface area contributed by atoms with Crippen LogP contribution < -0.4 is 17.2 Å². The lowest BCUT2D eigenvalue weighted by molar-refractivity contribution is 1.17. The fourth-order valence-electron chi connectivity index (χ4n) is 0.399. The van der Waals surface area contributed by atoms with E-state index >= 15 is 0 Å². The molecule has 0 heterocycles. The maximum atomic E-state index is 5.50. The van der Waals surface area contributed by atoms with E-state index in [1.54, 1.807) is 13.8 Å². The van der Waals surface area contributed by atoms with Gasteiger partial charge < -0.3 is 17.2 Å². The molecular weight excluding hydrogens is 146 g/mol. The molecular formula is C6H13N3S. The number of hydrogen-bond donors (Lipinski definition) is 4. The van der Waals surface area contributed by atoms with Crippen LogP contribution >= 0.6 is 12.6 Å². The highest BCUT2D eigenvalue weighted by molar-refractivity contribution is 7.84. The zero-order chi connectivity index (χ0) is 8.31. The second-order valence-corrected chi connectivity index (χ2v) is 2.58. The average Bonchev–Trinajstić information content (AvgIpc) is 1.84. The van der Waals surface area contributed by atoms with Gasteiger partial charge in [-0.05, 0) is 13.8 Å². The molecule has 0 bridgehead atoms. The summed E-state index contributed by atoms with van der Waals surface area (Å²) in [4.78, 5) is 0.556. The van der Waals surface area contributed by atoms with E-state index in [0.717, 1.165) is 0 Å². The van der Waals surface area contributed by atoms with Crippen LogP contribution in [0.25, 0.3) is 0 Å². The summed E-state index contributed by atoms with van der Waals surface area (Å²) in [6, 6.07) is 0. The van der Waals surface area contributed by atoms with E-state index in [2.05, 4.69) is 12.6 Å². The Labute approximate surface area is 66.4 Å². The van der Waals surface area contributed by atoms with E-state index in [1.807, 2.05) is 0 Å². The van der Waals surface area contributed by atoms with Crippen LogP contribution in [-0.4, -0.2) is 0 Å². The molecule has 58 valence electrons. The second kappa shape index (κ2) is 3.41. The Bertz CT molecular complexity index is 163. The lowest BCUT2D eigenvalue weighted by Crippen LogP contribution is -2.10. The first kappa shape index (κ1) is 9.23. The molecule has 0 rings (SSSR count). The predicted molar refractivity (Wildman–Crippen MR) is 46.9 cm³/mol. The van der Waals surface area contributed by atoms with E-state index in [1.165, 1.54) is 0 Å². The Morgan fingerprint density at radius 1 is 1.00 bits per heavy atom. The van der Waals surface area contributed by atoms with Gasteiger partial charge in [-0.1, -0.05) is 0 Å². The van der Waals surface area contributed by atoms with Gasteiger partial charge in [-0.25, -0.2) is 0 Å². The molecule has 0 spiro atoms. The first-order chi connectivity index (χ1) is 4.46. The number of thiol groups is 1. The topological polar surface area (TPSA) is 78.1 Å². The lowest BCUT2D eigenvalue weighted by Gasteiger charge is -2.04. The smallest absolute Gasteiger partial charge is 0.0654 e. The summed E-state index contributed by atoms with van der Waals surface area (Å²) in [5.74, 6) is 0. The summed E-state index contributed by atoms with van der Waals surface area (Å²) >= 11 is 4.05. The van der Waals surface area contributed by atoms with Crippen LogP contribution in [0.3, 0.4) is 0 Å². The third kappa shape index (κ3) is 2.23. The van der Waals surface area contributed by atoms with E-state index in [9.17, 15) is 0 Å². The van der Waals surface area contributed by atoms with Gasteiger partial charge in [0.25, 0.3) is 0 Å². The standard InChI is InChI=1S/C6H13N3S/c1-3(7)5(9)6(10)4(2)8/h10H,7-9H2,1-2H3/b5-3-,6-4-. The number of rotatable bonds is 1. The Balaban J connectivity index is 4.71. The first-order valence-corrected chi connectivity index (χ1v) is 3.29. The maximum Gasteiger partial charge on any atom is 0.0654 e. The lowest BCUT2D eigenvalue weighted by atomic mass is 10.3. The van der Waals surface area contributed by atoms with Crippen molar-refractivity contribution in [2.24, 2.45) is 17.2 Å². The minimum absolute atomic E-state index is 0.448. The monoisotopic (exact) mass is 159 g/mol. The van der Waals surface area contributed by atoms with Crippen molar-refractivity contribution >= 4 is 12.6 Å². The molecule has 6 N–H and O–H groups in total. The molecule has 0 amide bonds. The molecule has 0 saturated heterocycles. The largest absolute Gasteiger partial charge is 0.401 e. The summed E-state index contributed by atoms with van der Waals surface area (Å²) < 4.78 is 0. The fourth-order valence-corrected chi connectivity index (χ4v) is 0.576. The van der Waals surface area contributed by atoms with E-state index in [4.69, 9.17) is 17.2 Å². The molecule has 0 aliphatic carbocycles. The molecule has 0 fully saturated rings. The molecule has 4 heteroatoms. The fraction of sp³-hybridized carbons (Fsp3) is 0.333. The van der Waals surface area contributed by atoms with Crippen LogP contribution in [0, 0.1) is 0 Å². The SMILES string of the molecule is C/C(N)=C(N)\C(S)=C(/C)N. The van der Waals surface area contributed by atoms with Crippen molar-refractivity contribution in [2.75, 3.05) is 0 Å². The summed E-state index contributed by atoms with van der Waals surface area (Å²) in [5.41, 5.74) is 17.9. The maximum absolute atomic E-state index is 5.50. The third-order valence-corrected chi connectivity index (χ3v) is 1.65. The molecule has 0 aromatic rings. The van der Waals surface area contributed by atoms with Gasteiger partial charge in [-0.15, -0.1) is 12.6 Å². The molecule has 0 radical (unpaired) electrons. The molecule has 0 aromatic carbocycles. The van der Waals surface area contributed by atoms with Crippen LogP contribution in [0.1, 0.15) is 13.8 Å². The Morgan fingerprint density at radius 2 is 1.40 bits per heavy atom. The molecule has 0 aliphatic heterocycles. The van der Waals surface area contributed by atoms with Gasteiger partial charge in [0, 0.05) is 16.3 Å². The molecule has 0 aromatic heterocycles. The van der Waals surface area contributed by atoms with Gasteiger partial charge in [0.2, 0.25) is 0 Å². The van der Waals surface area contributed by atoms with Crippen LogP contribution in [0.2, 0.25) is 0 Å². The Morgan fingerprint density at radius 3 is 1.50 bits per heavy atom. The van der Waals surface area contributed by atoms with Crippen LogP contribution in [0.5, 0.6) is 0 Å². The van der Waals surface area contributed by atoms with E-state index in [0.29, 0.717) is 22.0 Å². The summed E-state index contributed by atoms with van der Waals surface area (Å²) in [5, 5.41) is 0. The highest BCUT2D eigenvalue weighted by atomic mass is 32.1. The third-order valence-electron chi connectivity index (χ3n) is 1.05. The predicted octanol–water partition coefficient (Wildman–Crippen LogP) is 0.255. The van der Waals surface area contributed by atoms with Crippen molar-refractivity contribution in [3.05, 3.63) is 22.0 Å². The molecule has 0 unspecified atom stereocenters. The Hall–Kier alpha value is -0.770. The van der Waals surface area contributed by atoms with Crippen LogP contribution in [0.4, 0.5) is 0 Å². The van der Waals surface area contributed by atoms with E-state index in [-0.39, 0.29) is 0 Å². The van der Waals surface area contributed by atoms with Crippen molar-refractivity contribution in [2.45, 2.75) is 13.8 Å². The summed E-state index contributed by atoms with van der Waals surface area (Å²) in [6.07, 6.45) is 0. The molecule has 0 saturated carbocycles. The van der Waals surface area contributed by atoms with Crippen molar-refractivity contribution < 1.29 is 0 Å². The zero-order valence-corrected chi connectivity index (χ0v) is 7.07. The minimum Gasteiger partial charge on any atom is -0.401 e. The summed E-state index contributed by atoms with van der Waals surface area (Å²) in [6.45, 7) is 3.42. The van der Waals surface area contributed by atoms with Crippen LogP contribution in [-0.2, 0) is 0 Å². The minimum atomic E-state index is 0.448. The van der Waals surface area contributed by atoms with Gasteiger partial charge in [0.1, 0.15) is 0 Å². The molecule has 3 nitrogen and oxygen atoms in total. The normalized spacial score (nSPS) is 15.9. The molecule has 0 aliphatic rings. The van der Waals surface area contributed by atoms with Crippen molar-refractivity contribution in [3.8, 4) is 0 Å². The van der Waals surface area contributed by atoms with Crippen molar-refractivity contribution in [3.63, 3.8) is 0 Å². The first-order valence-electron chi connectivity index (χ1n) is 2.84. The number of hydrogen-bond acceptors (Lipinski definition) is 4. The number of allylic oxidation sites excluding steroid dienone is 2. The second-order valence-electron chi connectivity index (χ2n) is 2.13. The van der Waals surface area contributed by atoms with Gasteiger partial charge in [0.15, 0.2) is 0 Å². The summed E-state index contributed by atoms with van der Waals surface area (Å²) in [7, 11) is 0. The van der Waals surface area contributed by atoms with Crippen molar-refractivity contribution in [1.29, 1.82) is 0 Å². The van der Waals surface area contributed by atoms with Gasteiger partial charge >= 0.3 is 0 Å².